The maximum absolute atomic E-state index is 11.7. The highest BCUT2D eigenvalue weighted by molar-refractivity contribution is 5.86. The fourth-order valence-electron chi connectivity index (χ4n) is 2.21. The molecule has 0 aromatic carbocycles. The number of nitrogens with one attached hydrogen (secondary N) is 1. The molecule has 0 aromatic rings. The van der Waals surface area contributed by atoms with Gasteiger partial charge in [-0.25, -0.2) is 4.79 Å². The van der Waals surface area contributed by atoms with Crippen LogP contribution < -0.4 is 5.32 Å². The molecule has 9 nitrogen and oxygen atoms in total. The smallest absolute Gasteiger partial charge is 0.373 e. The summed E-state index contributed by atoms with van der Waals surface area (Å²) in [5, 5.41) is 6.26. The Morgan fingerprint density at radius 2 is 2.13 bits per heavy atom. The molecule has 0 aliphatic carbocycles. The largest absolute Gasteiger partial charge is 0.463 e. The Labute approximate surface area is 134 Å². The molecular formula is C14H22N4O5. The molecule has 1 rings (SSSR count). The van der Waals surface area contributed by atoms with E-state index in [0.717, 1.165) is 12.8 Å². The summed E-state index contributed by atoms with van der Waals surface area (Å²) in [4.78, 5) is 25.9. The molecule has 0 bridgehead atoms. The van der Waals surface area contributed by atoms with Crippen molar-refractivity contribution in [3.63, 3.8) is 0 Å². The van der Waals surface area contributed by atoms with Crippen molar-refractivity contribution in [2.24, 2.45) is 5.11 Å². The van der Waals surface area contributed by atoms with Gasteiger partial charge in [0.05, 0.1) is 19.3 Å². The van der Waals surface area contributed by atoms with E-state index in [0.29, 0.717) is 0 Å². The number of rotatable bonds is 7. The lowest BCUT2D eigenvalue weighted by atomic mass is 10.0. The number of amides is 1. The Balaban J connectivity index is 3.15. The predicted octanol–water partition coefficient (Wildman–Crippen LogP) is 1.79. The molecule has 0 saturated carbocycles. The van der Waals surface area contributed by atoms with Crippen LogP contribution in [-0.2, 0) is 23.8 Å². The van der Waals surface area contributed by atoms with Crippen molar-refractivity contribution in [2.75, 3.05) is 7.11 Å². The van der Waals surface area contributed by atoms with Gasteiger partial charge in [0.2, 0.25) is 18.0 Å². The number of carbonyl (C=O) groups is 2. The van der Waals surface area contributed by atoms with Gasteiger partial charge < -0.3 is 19.5 Å². The molecule has 1 amide bonds. The van der Waals surface area contributed by atoms with Crippen LogP contribution >= 0.6 is 0 Å². The van der Waals surface area contributed by atoms with Crippen LogP contribution in [0.1, 0.15) is 33.6 Å². The van der Waals surface area contributed by atoms with Crippen molar-refractivity contribution >= 4 is 11.9 Å². The third-order valence-electron chi connectivity index (χ3n) is 3.41. The average molecular weight is 326 g/mol. The zero-order valence-corrected chi connectivity index (χ0v) is 13.7. The SMILES string of the molecule is CCC(CC)O[C@@H]1OC(C(=O)OC)=C[C@H](N=[N+]=[N-])[C@H]1NC(C)=O. The van der Waals surface area contributed by atoms with E-state index in [-0.39, 0.29) is 17.8 Å². The van der Waals surface area contributed by atoms with Crippen LogP contribution in [0.2, 0.25) is 0 Å². The summed E-state index contributed by atoms with van der Waals surface area (Å²) < 4.78 is 16.0. The monoisotopic (exact) mass is 326 g/mol. The van der Waals surface area contributed by atoms with Crippen LogP contribution in [0.25, 0.3) is 10.4 Å². The predicted molar refractivity (Wildman–Crippen MR) is 81.0 cm³/mol. The van der Waals surface area contributed by atoms with Crippen molar-refractivity contribution in [1.29, 1.82) is 0 Å². The lowest BCUT2D eigenvalue weighted by Crippen LogP contribution is -2.54. The van der Waals surface area contributed by atoms with Crippen LogP contribution in [0.3, 0.4) is 0 Å². The van der Waals surface area contributed by atoms with Gasteiger partial charge >= 0.3 is 5.97 Å². The number of methoxy groups -OCH3 is 1. The molecule has 0 fully saturated rings. The third-order valence-corrected chi connectivity index (χ3v) is 3.41. The molecule has 1 heterocycles. The topological polar surface area (TPSA) is 123 Å². The molecule has 23 heavy (non-hydrogen) atoms. The van der Waals surface area contributed by atoms with Crippen LogP contribution in [0.5, 0.6) is 0 Å². The molecule has 1 N–H and O–H groups in total. The van der Waals surface area contributed by atoms with Gasteiger partial charge in [-0.3, -0.25) is 4.79 Å². The number of ether oxygens (including phenoxy) is 3. The Bertz CT molecular complexity index is 511. The van der Waals surface area contributed by atoms with E-state index in [2.05, 4.69) is 20.1 Å². The van der Waals surface area contributed by atoms with Crippen LogP contribution in [0, 0.1) is 0 Å². The van der Waals surface area contributed by atoms with Gasteiger partial charge in [-0.05, 0) is 24.4 Å². The van der Waals surface area contributed by atoms with E-state index in [4.69, 9.17) is 15.0 Å². The second-order valence-electron chi connectivity index (χ2n) is 5.01. The van der Waals surface area contributed by atoms with E-state index in [1.54, 1.807) is 0 Å². The van der Waals surface area contributed by atoms with Crippen molar-refractivity contribution in [3.8, 4) is 0 Å². The lowest BCUT2D eigenvalue weighted by molar-refractivity contribution is -0.185. The summed E-state index contributed by atoms with van der Waals surface area (Å²) >= 11 is 0. The Morgan fingerprint density at radius 1 is 1.48 bits per heavy atom. The second kappa shape index (κ2) is 9.02. The average Bonchev–Trinajstić information content (AvgIpc) is 2.53. The summed E-state index contributed by atoms with van der Waals surface area (Å²) in [5.74, 6) is -1.14. The molecular weight excluding hydrogens is 304 g/mol. The van der Waals surface area contributed by atoms with Gasteiger partial charge in [-0.1, -0.05) is 19.0 Å². The van der Waals surface area contributed by atoms with E-state index in [9.17, 15) is 9.59 Å². The van der Waals surface area contributed by atoms with Crippen LogP contribution in [0.4, 0.5) is 0 Å². The van der Waals surface area contributed by atoms with E-state index >= 15 is 0 Å². The first-order valence-corrected chi connectivity index (χ1v) is 7.40. The first-order chi connectivity index (χ1) is 11.0. The molecule has 128 valence electrons. The van der Waals surface area contributed by atoms with Crippen molar-refractivity contribution in [3.05, 3.63) is 22.3 Å². The fourth-order valence-corrected chi connectivity index (χ4v) is 2.21. The zero-order valence-electron chi connectivity index (χ0n) is 13.7. The summed E-state index contributed by atoms with van der Waals surface area (Å²) in [6, 6.07) is -1.57. The van der Waals surface area contributed by atoms with Crippen molar-refractivity contribution in [2.45, 2.75) is 58.1 Å². The summed E-state index contributed by atoms with van der Waals surface area (Å²) in [6.07, 6.45) is 1.69. The first-order valence-electron chi connectivity index (χ1n) is 7.40. The minimum Gasteiger partial charge on any atom is -0.463 e. The van der Waals surface area contributed by atoms with E-state index < -0.39 is 24.3 Å². The highest BCUT2D eigenvalue weighted by atomic mass is 16.7. The summed E-state index contributed by atoms with van der Waals surface area (Å²) in [5.41, 5.74) is 8.73. The Morgan fingerprint density at radius 3 is 2.61 bits per heavy atom. The number of carbonyl (C=O) groups excluding carboxylic acids is 2. The number of hydrogen-bond donors (Lipinski definition) is 1. The summed E-state index contributed by atoms with van der Waals surface area (Å²) in [6.45, 7) is 5.24. The first kappa shape index (κ1) is 18.8. The van der Waals surface area contributed by atoms with Gasteiger partial charge in [-0.2, -0.15) is 0 Å². The standard InChI is InChI=1S/C14H22N4O5/c1-5-9(6-2)22-14-12(16-8(3)19)10(17-18-15)7-11(23-14)13(20)21-4/h7,9-10,12,14H,5-6H2,1-4H3,(H,16,19)/t10-,12+,14+/m0/s1. The maximum Gasteiger partial charge on any atom is 0.373 e. The molecule has 0 radical (unpaired) electrons. The van der Waals surface area contributed by atoms with Gasteiger partial charge in [0.15, 0.2) is 0 Å². The quantitative estimate of drug-likeness (QED) is 0.331. The van der Waals surface area contributed by atoms with Gasteiger partial charge in [0, 0.05) is 11.8 Å². The number of hydrogen-bond acceptors (Lipinski definition) is 6. The Kier molecular flexibility index (Phi) is 7.37. The van der Waals surface area contributed by atoms with Crippen LogP contribution in [0.15, 0.2) is 16.9 Å². The lowest BCUT2D eigenvalue weighted by Gasteiger charge is -2.36. The normalized spacial score (nSPS) is 23.3. The minimum absolute atomic E-state index is 0.109. The number of esters is 1. The molecule has 0 unspecified atom stereocenters. The highest BCUT2D eigenvalue weighted by Crippen LogP contribution is 2.24. The third kappa shape index (κ3) is 5.15. The molecule has 1 aliphatic heterocycles. The number of azide groups is 1. The Hall–Kier alpha value is -2.25. The van der Waals surface area contributed by atoms with Gasteiger partial charge in [0.25, 0.3) is 0 Å². The fraction of sp³-hybridized carbons (Fsp3) is 0.714. The zero-order chi connectivity index (χ0) is 17.4. The van der Waals surface area contributed by atoms with Crippen molar-refractivity contribution in [1.82, 2.24) is 5.32 Å². The molecule has 1 aliphatic rings. The van der Waals surface area contributed by atoms with Crippen LogP contribution in [-0.4, -0.2) is 43.5 Å². The van der Waals surface area contributed by atoms with Gasteiger partial charge in [0.1, 0.15) is 6.04 Å². The molecule has 0 aromatic heterocycles. The van der Waals surface area contributed by atoms with Crippen molar-refractivity contribution < 1.29 is 23.8 Å². The maximum atomic E-state index is 11.7. The van der Waals surface area contributed by atoms with E-state index in [1.165, 1.54) is 20.1 Å². The molecule has 9 heteroatoms. The number of nitrogens with zero attached hydrogens (tertiary/aromatic N) is 3. The highest BCUT2D eigenvalue weighted by Gasteiger charge is 2.39. The second-order valence-corrected chi connectivity index (χ2v) is 5.01. The van der Waals surface area contributed by atoms with Gasteiger partial charge in [-0.15, -0.1) is 0 Å². The minimum atomic E-state index is -0.960. The van der Waals surface area contributed by atoms with E-state index in [1.807, 2.05) is 13.8 Å². The molecule has 0 saturated heterocycles. The molecule has 3 atom stereocenters. The summed E-state index contributed by atoms with van der Waals surface area (Å²) in [7, 11) is 1.21. The molecule has 0 spiro atoms.